The Morgan fingerprint density at radius 2 is 2.33 bits per heavy atom. The number of nitrogens with one attached hydrogen (secondary N) is 1. The second-order valence-electron chi connectivity index (χ2n) is 3.92. The molecule has 1 rings (SSSR count). The fraction of sp³-hybridized carbons (Fsp3) is 0.667. The van der Waals surface area contributed by atoms with E-state index in [1.807, 2.05) is 4.68 Å². The fourth-order valence-electron chi connectivity index (χ4n) is 1.64. The molecule has 0 saturated heterocycles. The van der Waals surface area contributed by atoms with Crippen LogP contribution in [0.25, 0.3) is 0 Å². The molecule has 1 atom stereocenters. The van der Waals surface area contributed by atoms with Crippen molar-refractivity contribution in [2.75, 3.05) is 13.7 Å². The Kier molecular flexibility index (Phi) is 6.62. The number of carbonyl (C=O) groups excluding carboxylic acids is 1. The standard InChI is InChI=1S/C12H20IN3O2/c1-4-9-6-10(16(5-2)15-9)7-14-8-11(13)12(17)18-3/h6,11,14H,4-5,7-8H2,1-3H3. The lowest BCUT2D eigenvalue weighted by molar-refractivity contribution is -0.139. The van der Waals surface area contributed by atoms with E-state index in [-0.39, 0.29) is 9.89 Å². The summed E-state index contributed by atoms with van der Waals surface area (Å²) in [6, 6.07) is 2.11. The molecule has 102 valence electrons. The monoisotopic (exact) mass is 365 g/mol. The summed E-state index contributed by atoms with van der Waals surface area (Å²) >= 11 is 2.08. The van der Waals surface area contributed by atoms with E-state index in [2.05, 4.69) is 57.7 Å². The highest BCUT2D eigenvalue weighted by molar-refractivity contribution is 14.1. The van der Waals surface area contributed by atoms with Crippen LogP contribution in [0.4, 0.5) is 0 Å². The smallest absolute Gasteiger partial charge is 0.319 e. The Morgan fingerprint density at radius 1 is 1.61 bits per heavy atom. The number of halogens is 1. The molecule has 6 heteroatoms. The zero-order chi connectivity index (χ0) is 13.5. The largest absolute Gasteiger partial charge is 0.468 e. The third kappa shape index (κ3) is 4.24. The zero-order valence-electron chi connectivity index (χ0n) is 11.1. The number of nitrogens with zero attached hydrogens (tertiary/aromatic N) is 2. The lowest BCUT2D eigenvalue weighted by Crippen LogP contribution is -2.29. The molecule has 1 aromatic heterocycles. The molecule has 0 spiro atoms. The topological polar surface area (TPSA) is 56.1 Å². The SMILES string of the molecule is CCc1cc(CNCC(I)C(=O)OC)n(CC)n1. The van der Waals surface area contributed by atoms with Crippen molar-refractivity contribution in [1.82, 2.24) is 15.1 Å². The first kappa shape index (κ1) is 15.4. The number of hydrogen-bond acceptors (Lipinski definition) is 4. The number of methoxy groups -OCH3 is 1. The van der Waals surface area contributed by atoms with Crippen LogP contribution in [0.5, 0.6) is 0 Å². The predicted molar refractivity (Wildman–Crippen MR) is 78.8 cm³/mol. The van der Waals surface area contributed by atoms with Crippen molar-refractivity contribution >= 4 is 28.6 Å². The number of hydrogen-bond donors (Lipinski definition) is 1. The van der Waals surface area contributed by atoms with Crippen LogP contribution in [0.15, 0.2) is 6.07 Å². The highest BCUT2D eigenvalue weighted by Gasteiger charge is 2.14. The van der Waals surface area contributed by atoms with E-state index in [0.29, 0.717) is 6.54 Å². The van der Waals surface area contributed by atoms with Crippen LogP contribution in [0.1, 0.15) is 25.2 Å². The number of rotatable bonds is 7. The van der Waals surface area contributed by atoms with Crippen molar-refractivity contribution in [2.24, 2.45) is 0 Å². The molecule has 0 saturated carbocycles. The molecule has 0 aliphatic rings. The van der Waals surface area contributed by atoms with Gasteiger partial charge in [-0.2, -0.15) is 5.10 Å². The van der Waals surface area contributed by atoms with Crippen LogP contribution in [-0.2, 0) is 29.0 Å². The first-order valence-electron chi connectivity index (χ1n) is 6.10. The molecule has 0 aliphatic carbocycles. The molecule has 5 nitrogen and oxygen atoms in total. The van der Waals surface area contributed by atoms with Crippen molar-refractivity contribution in [3.05, 3.63) is 17.5 Å². The van der Waals surface area contributed by atoms with E-state index < -0.39 is 0 Å². The van der Waals surface area contributed by atoms with E-state index in [4.69, 9.17) is 0 Å². The number of ether oxygens (including phenoxy) is 1. The maximum Gasteiger partial charge on any atom is 0.319 e. The van der Waals surface area contributed by atoms with Gasteiger partial charge < -0.3 is 10.1 Å². The number of aromatic nitrogens is 2. The van der Waals surface area contributed by atoms with E-state index in [9.17, 15) is 4.79 Å². The van der Waals surface area contributed by atoms with Crippen molar-refractivity contribution in [3.63, 3.8) is 0 Å². The highest BCUT2D eigenvalue weighted by Crippen LogP contribution is 2.06. The number of carbonyl (C=O) groups is 1. The molecule has 0 aliphatic heterocycles. The van der Waals surface area contributed by atoms with Crippen LogP contribution >= 0.6 is 22.6 Å². The molecule has 18 heavy (non-hydrogen) atoms. The minimum atomic E-state index is -0.193. The van der Waals surface area contributed by atoms with Gasteiger partial charge in [-0.05, 0) is 19.4 Å². The molecular weight excluding hydrogens is 345 g/mol. The molecule has 0 bridgehead atoms. The third-order valence-electron chi connectivity index (χ3n) is 2.66. The molecule has 0 aromatic carbocycles. The summed E-state index contributed by atoms with van der Waals surface area (Å²) in [5, 5.41) is 7.74. The Bertz CT molecular complexity index is 393. The van der Waals surface area contributed by atoms with Gasteiger partial charge in [0.05, 0.1) is 18.5 Å². The summed E-state index contributed by atoms with van der Waals surface area (Å²) in [7, 11) is 1.41. The van der Waals surface area contributed by atoms with Gasteiger partial charge in [-0.25, -0.2) is 0 Å². The summed E-state index contributed by atoms with van der Waals surface area (Å²) in [5.74, 6) is -0.193. The second-order valence-corrected chi connectivity index (χ2v) is 5.42. The molecule has 1 aromatic rings. The maximum atomic E-state index is 11.2. The van der Waals surface area contributed by atoms with E-state index in [0.717, 1.165) is 30.9 Å². The van der Waals surface area contributed by atoms with Crippen LogP contribution < -0.4 is 5.32 Å². The molecule has 0 fully saturated rings. The number of alkyl halides is 1. The van der Waals surface area contributed by atoms with Gasteiger partial charge in [0.15, 0.2) is 0 Å². The molecule has 1 unspecified atom stereocenters. The van der Waals surface area contributed by atoms with Gasteiger partial charge in [0, 0.05) is 19.6 Å². The van der Waals surface area contributed by atoms with Gasteiger partial charge in [0.25, 0.3) is 0 Å². The summed E-state index contributed by atoms with van der Waals surface area (Å²) in [5.41, 5.74) is 2.26. The second kappa shape index (κ2) is 7.73. The molecule has 0 amide bonds. The first-order valence-corrected chi connectivity index (χ1v) is 7.35. The van der Waals surface area contributed by atoms with Crippen molar-refractivity contribution < 1.29 is 9.53 Å². The molecular formula is C12H20IN3O2. The Hall–Kier alpha value is -0.630. The van der Waals surface area contributed by atoms with Gasteiger partial charge in [0.2, 0.25) is 0 Å². The van der Waals surface area contributed by atoms with Gasteiger partial charge in [-0.3, -0.25) is 9.48 Å². The van der Waals surface area contributed by atoms with Gasteiger partial charge in [0.1, 0.15) is 3.92 Å². The minimum absolute atomic E-state index is 0.156. The minimum Gasteiger partial charge on any atom is -0.468 e. The van der Waals surface area contributed by atoms with Crippen molar-refractivity contribution in [1.29, 1.82) is 0 Å². The predicted octanol–water partition coefficient (Wildman–Crippen LogP) is 1.53. The average Bonchev–Trinajstić information content (AvgIpc) is 2.80. The fourth-order valence-corrected chi connectivity index (χ4v) is 2.21. The van der Waals surface area contributed by atoms with Crippen molar-refractivity contribution in [2.45, 2.75) is 37.3 Å². The van der Waals surface area contributed by atoms with E-state index in [1.54, 1.807) is 0 Å². The van der Waals surface area contributed by atoms with Gasteiger partial charge >= 0.3 is 5.97 Å². The normalized spacial score (nSPS) is 12.4. The summed E-state index contributed by atoms with van der Waals surface area (Å²) in [4.78, 5) is 11.2. The summed E-state index contributed by atoms with van der Waals surface area (Å²) in [6.45, 7) is 6.35. The van der Waals surface area contributed by atoms with Gasteiger partial charge in [-0.1, -0.05) is 29.5 Å². The van der Waals surface area contributed by atoms with E-state index >= 15 is 0 Å². The Labute approximate surface area is 121 Å². The maximum absolute atomic E-state index is 11.2. The van der Waals surface area contributed by atoms with Crippen LogP contribution in [0, 0.1) is 0 Å². The van der Waals surface area contributed by atoms with Crippen LogP contribution in [0.2, 0.25) is 0 Å². The zero-order valence-corrected chi connectivity index (χ0v) is 13.2. The lowest BCUT2D eigenvalue weighted by Gasteiger charge is -2.09. The third-order valence-corrected chi connectivity index (χ3v) is 3.61. The summed E-state index contributed by atoms with van der Waals surface area (Å²) < 4.78 is 6.51. The van der Waals surface area contributed by atoms with Crippen molar-refractivity contribution in [3.8, 4) is 0 Å². The summed E-state index contributed by atoms with van der Waals surface area (Å²) in [6.07, 6.45) is 0.942. The molecule has 1 N–H and O–H groups in total. The molecule has 1 heterocycles. The number of aryl methyl sites for hydroxylation is 2. The van der Waals surface area contributed by atoms with E-state index in [1.165, 1.54) is 7.11 Å². The van der Waals surface area contributed by atoms with Crippen LogP contribution in [0.3, 0.4) is 0 Å². The van der Waals surface area contributed by atoms with Crippen LogP contribution in [-0.4, -0.2) is 33.3 Å². The average molecular weight is 365 g/mol. The Balaban J connectivity index is 2.48. The quantitative estimate of drug-likeness (QED) is 0.453. The molecule has 0 radical (unpaired) electrons. The number of esters is 1. The lowest BCUT2D eigenvalue weighted by atomic mass is 10.3. The first-order chi connectivity index (χ1) is 8.62. The van der Waals surface area contributed by atoms with Gasteiger partial charge in [-0.15, -0.1) is 0 Å². The highest BCUT2D eigenvalue weighted by atomic mass is 127. The Morgan fingerprint density at radius 3 is 2.89 bits per heavy atom.